The Morgan fingerprint density at radius 1 is 1.29 bits per heavy atom. The molecule has 0 radical (unpaired) electrons. The van der Waals surface area contributed by atoms with Gasteiger partial charge in [0.2, 0.25) is 0 Å². The molecule has 0 saturated carbocycles. The fraction of sp³-hybridized carbons (Fsp3) is 0.0833. The average molecular weight is 240 g/mol. The zero-order valence-corrected chi connectivity index (χ0v) is 11.6. The predicted molar refractivity (Wildman–Crippen MR) is 56.5 cm³/mol. The molecule has 2 aromatic carbocycles. The van der Waals surface area contributed by atoms with Crippen LogP contribution in [0.4, 0.5) is 0 Å². The maximum absolute atomic E-state index is 10.8. The number of fused-ring (bicyclic) bond motifs is 1. The molecule has 0 aliphatic heterocycles. The molecule has 0 bridgehead atoms. The number of rotatable bonds is 2. The second-order valence-corrected chi connectivity index (χ2v) is 3.31. The Balaban J connectivity index is 0.00000144. The molecule has 0 aliphatic carbocycles. The molecule has 0 atom stereocenters. The van der Waals surface area contributed by atoms with Gasteiger partial charge >= 0.3 is 29.6 Å². The predicted octanol–water partition coefficient (Wildman–Crippen LogP) is -2.08. The minimum absolute atomic E-state index is 0. The average Bonchev–Trinajstić information content (AvgIpc) is 2.29. The van der Waals surface area contributed by atoms with Gasteiger partial charge in [-0.15, -0.1) is 0 Å². The first-order valence-electron chi connectivity index (χ1n) is 4.65. The number of phenols is 1. The van der Waals surface area contributed by atoms with Gasteiger partial charge in [0.25, 0.3) is 0 Å². The number of aromatic hydroxyl groups is 1. The fourth-order valence-electron chi connectivity index (χ4n) is 1.65. The van der Waals surface area contributed by atoms with Gasteiger partial charge in [-0.2, -0.15) is 0 Å². The monoisotopic (exact) mass is 240 g/mol. The number of carbonyl (C=O) groups is 1. The van der Waals surface area contributed by atoms with Crippen molar-refractivity contribution in [3.63, 3.8) is 0 Å². The Morgan fingerprint density at radius 3 is 2.41 bits per heavy atom. The minimum atomic E-state index is -1.43. The second kappa shape index (κ2) is 5.40. The Morgan fingerprint density at radius 2 is 1.88 bits per heavy atom. The van der Waals surface area contributed by atoms with Crippen molar-refractivity contribution in [2.24, 2.45) is 0 Å². The molecular weight excluding hydrogens is 231 g/mol. The number of hydrogen-bond acceptors (Lipinski definition) is 4. The Bertz CT molecular complexity index is 566. The Hall–Kier alpha value is -1.23. The van der Waals surface area contributed by atoms with Crippen LogP contribution in [0.25, 0.3) is 10.8 Å². The number of benzene rings is 2. The van der Waals surface area contributed by atoms with Crippen LogP contribution in [0, 0.1) is 0 Å². The van der Waals surface area contributed by atoms with Gasteiger partial charge in [0.05, 0.1) is 13.1 Å². The van der Waals surface area contributed by atoms with Crippen molar-refractivity contribution in [3.05, 3.63) is 35.9 Å². The van der Waals surface area contributed by atoms with Gasteiger partial charge in [-0.25, -0.2) is 0 Å². The van der Waals surface area contributed by atoms with Gasteiger partial charge in [0, 0.05) is 16.3 Å². The van der Waals surface area contributed by atoms with E-state index in [0.29, 0.717) is 16.5 Å². The van der Waals surface area contributed by atoms with Gasteiger partial charge in [-0.1, -0.05) is 24.3 Å². The number of methoxy groups -OCH3 is 1. The Labute approximate surface area is 120 Å². The largest absolute Gasteiger partial charge is 1.00 e. The summed E-state index contributed by atoms with van der Waals surface area (Å²) in [5.74, 6) is -1.33. The van der Waals surface area contributed by atoms with Gasteiger partial charge in [0.1, 0.15) is 11.5 Å². The van der Waals surface area contributed by atoms with E-state index in [2.05, 4.69) is 0 Å². The van der Waals surface area contributed by atoms with Crippen molar-refractivity contribution >= 4 is 16.7 Å². The molecule has 82 valence electrons. The molecule has 0 aliphatic rings. The number of ether oxygens (including phenoxy) is 1. The van der Waals surface area contributed by atoms with Crippen LogP contribution >= 0.6 is 0 Å². The fourth-order valence-corrected chi connectivity index (χ4v) is 1.65. The van der Waals surface area contributed by atoms with Crippen LogP contribution in [0.15, 0.2) is 30.3 Å². The van der Waals surface area contributed by atoms with Gasteiger partial charge in [-0.3, -0.25) is 0 Å². The third kappa shape index (κ3) is 2.39. The summed E-state index contributed by atoms with van der Waals surface area (Å²) in [5.41, 5.74) is -0.268. The third-order valence-electron chi connectivity index (χ3n) is 2.42. The zero-order chi connectivity index (χ0) is 11.7. The number of aromatic carboxylic acids is 1. The van der Waals surface area contributed by atoms with Crippen molar-refractivity contribution in [1.82, 2.24) is 0 Å². The zero-order valence-electron chi connectivity index (χ0n) is 9.56. The van der Waals surface area contributed by atoms with E-state index in [9.17, 15) is 15.0 Å². The van der Waals surface area contributed by atoms with Crippen molar-refractivity contribution in [1.29, 1.82) is 0 Å². The van der Waals surface area contributed by atoms with Gasteiger partial charge < -0.3 is 19.7 Å². The molecule has 0 heterocycles. The number of carbonyl (C=O) groups excluding carboxylic acids is 1. The van der Waals surface area contributed by atoms with Crippen LogP contribution in [-0.2, 0) is 0 Å². The molecule has 0 saturated heterocycles. The maximum atomic E-state index is 10.8. The van der Waals surface area contributed by atoms with Crippen molar-refractivity contribution < 1.29 is 49.3 Å². The molecule has 2 rings (SSSR count). The van der Waals surface area contributed by atoms with Crippen molar-refractivity contribution in [3.8, 4) is 11.5 Å². The molecule has 0 unspecified atom stereocenters. The molecule has 0 aromatic heterocycles. The van der Waals surface area contributed by atoms with Crippen LogP contribution in [0.2, 0.25) is 0 Å². The quantitative estimate of drug-likeness (QED) is 0.612. The van der Waals surface area contributed by atoms with Crippen LogP contribution in [0.1, 0.15) is 10.4 Å². The first-order chi connectivity index (χ1) is 7.65. The topological polar surface area (TPSA) is 69.6 Å². The van der Waals surface area contributed by atoms with Crippen LogP contribution in [-0.4, -0.2) is 18.2 Å². The summed E-state index contributed by atoms with van der Waals surface area (Å²) in [6, 6.07) is 8.11. The van der Waals surface area contributed by atoms with Crippen LogP contribution in [0.3, 0.4) is 0 Å². The SMILES string of the molecule is COc1cc(C(=O)[O-])c(O)c2ccccc12.[Na+]. The van der Waals surface area contributed by atoms with Gasteiger partial charge in [0.15, 0.2) is 0 Å². The van der Waals surface area contributed by atoms with Gasteiger partial charge in [-0.05, 0) is 6.07 Å². The normalized spacial score (nSPS) is 9.71. The Kier molecular flexibility index (Phi) is 4.40. The van der Waals surface area contributed by atoms with E-state index in [-0.39, 0.29) is 40.9 Å². The van der Waals surface area contributed by atoms with E-state index in [1.54, 1.807) is 24.3 Å². The van der Waals surface area contributed by atoms with E-state index < -0.39 is 5.97 Å². The van der Waals surface area contributed by atoms with Crippen molar-refractivity contribution in [2.45, 2.75) is 0 Å². The first kappa shape index (κ1) is 13.8. The summed E-state index contributed by atoms with van der Waals surface area (Å²) >= 11 is 0. The van der Waals surface area contributed by atoms with Crippen LogP contribution in [0.5, 0.6) is 11.5 Å². The van der Waals surface area contributed by atoms with E-state index in [0.717, 1.165) is 0 Å². The minimum Gasteiger partial charge on any atom is -0.545 e. The molecule has 17 heavy (non-hydrogen) atoms. The number of hydrogen-bond donors (Lipinski definition) is 1. The van der Waals surface area contributed by atoms with Crippen LogP contribution < -0.4 is 39.4 Å². The molecule has 4 nitrogen and oxygen atoms in total. The summed E-state index contributed by atoms with van der Waals surface area (Å²) in [6.45, 7) is 0. The molecule has 0 spiro atoms. The summed E-state index contributed by atoms with van der Waals surface area (Å²) in [6.07, 6.45) is 0. The standard InChI is InChI=1S/C12H10O4.Na/c1-16-10-6-9(12(14)15)11(13)8-5-3-2-4-7(8)10;/h2-6,13H,1H3,(H,14,15);/q;+1/p-1. The summed E-state index contributed by atoms with van der Waals surface area (Å²) in [7, 11) is 1.44. The summed E-state index contributed by atoms with van der Waals surface area (Å²) in [5, 5.41) is 21.7. The smallest absolute Gasteiger partial charge is 0.545 e. The first-order valence-corrected chi connectivity index (χ1v) is 4.65. The second-order valence-electron chi connectivity index (χ2n) is 3.31. The van der Waals surface area contributed by atoms with E-state index >= 15 is 0 Å². The maximum Gasteiger partial charge on any atom is 1.00 e. The molecule has 1 N–H and O–H groups in total. The molecular formula is C12H9NaO4. The molecule has 2 aromatic rings. The summed E-state index contributed by atoms with van der Waals surface area (Å²) < 4.78 is 5.07. The number of carboxylic acid groups (broad SMARTS) is 1. The molecule has 0 fully saturated rings. The molecule has 5 heteroatoms. The van der Waals surface area contributed by atoms with E-state index in [4.69, 9.17) is 4.74 Å². The summed E-state index contributed by atoms with van der Waals surface area (Å²) in [4.78, 5) is 10.8. The van der Waals surface area contributed by atoms with E-state index in [1.165, 1.54) is 13.2 Å². The molecule has 0 amide bonds. The van der Waals surface area contributed by atoms with E-state index in [1.807, 2.05) is 0 Å². The van der Waals surface area contributed by atoms with Crippen molar-refractivity contribution in [2.75, 3.05) is 7.11 Å². The number of carboxylic acids is 1. The third-order valence-corrected chi connectivity index (χ3v) is 2.42.